The Morgan fingerprint density at radius 3 is 2.06 bits per heavy atom. The van der Waals surface area contributed by atoms with Crippen LogP contribution in [-0.2, 0) is 4.79 Å². The van der Waals surface area contributed by atoms with Gasteiger partial charge < -0.3 is 10.1 Å². The Kier molecular flexibility index (Phi) is 3.23. The average molecular weight is 254 g/mol. The minimum atomic E-state index is -0.279. The number of piperidine rings is 1. The van der Waals surface area contributed by atoms with Crippen LogP contribution in [0.15, 0.2) is 0 Å². The van der Waals surface area contributed by atoms with E-state index < -0.39 is 0 Å². The van der Waals surface area contributed by atoms with Gasteiger partial charge in [-0.1, -0.05) is 6.92 Å². The largest absolute Gasteiger partial charge is 0.339 e. The molecular weight excluding hydrogens is 228 g/mol. The van der Waals surface area contributed by atoms with E-state index in [0.29, 0.717) is 12.3 Å². The molecule has 0 aromatic rings. The molecule has 104 valence electrons. The van der Waals surface area contributed by atoms with Gasteiger partial charge in [0.25, 0.3) is 0 Å². The first-order valence-electron chi connectivity index (χ1n) is 6.92. The monoisotopic (exact) mass is 254 g/mol. The second kappa shape index (κ2) is 4.20. The van der Waals surface area contributed by atoms with Gasteiger partial charge in [0.15, 0.2) is 0 Å². The van der Waals surface area contributed by atoms with Crippen LogP contribution in [0.1, 0.15) is 53.9 Å². The molecule has 0 bridgehead atoms. The lowest BCUT2D eigenvalue weighted by Crippen LogP contribution is -2.63. The summed E-state index contributed by atoms with van der Waals surface area (Å²) in [5.41, 5.74) is -0.558. The summed E-state index contributed by atoms with van der Waals surface area (Å²) in [5, 5.41) is 11.7. The minimum absolute atomic E-state index is 0.260. The first-order valence-corrected chi connectivity index (χ1v) is 6.92. The second-order valence-electron chi connectivity index (χ2n) is 7.35. The third kappa shape index (κ3) is 2.28. The van der Waals surface area contributed by atoms with E-state index in [1.165, 1.54) is 5.06 Å². The lowest BCUT2D eigenvalue weighted by Gasteiger charge is -2.53. The molecule has 2 rings (SSSR count). The maximum Gasteiger partial charge on any atom is 0.223 e. The molecule has 0 spiro atoms. The summed E-state index contributed by atoms with van der Waals surface area (Å²) in [5.74, 6) is 0.751. The first-order chi connectivity index (χ1) is 8.13. The zero-order valence-electron chi connectivity index (χ0n) is 12.2. The summed E-state index contributed by atoms with van der Waals surface area (Å²) in [7, 11) is 0. The van der Waals surface area contributed by atoms with E-state index in [4.69, 9.17) is 0 Å². The average Bonchev–Trinajstić information content (AvgIpc) is 2.53. The number of hydroxylamine groups is 2. The van der Waals surface area contributed by atoms with E-state index in [0.717, 1.165) is 19.4 Å². The Morgan fingerprint density at radius 2 is 1.67 bits per heavy atom. The van der Waals surface area contributed by atoms with Crippen LogP contribution >= 0.6 is 0 Å². The van der Waals surface area contributed by atoms with Crippen molar-refractivity contribution >= 4 is 5.91 Å². The fourth-order valence-electron chi connectivity index (χ4n) is 3.71. The van der Waals surface area contributed by atoms with E-state index in [1.54, 1.807) is 0 Å². The Balaban J connectivity index is 2.18. The quantitative estimate of drug-likeness (QED) is 0.780. The van der Waals surface area contributed by atoms with Gasteiger partial charge in [-0.15, -0.1) is 0 Å². The molecule has 1 N–H and O–H groups in total. The topological polar surface area (TPSA) is 43.8 Å². The maximum atomic E-state index is 12.0. The van der Waals surface area contributed by atoms with Crippen LogP contribution in [0.4, 0.5) is 0 Å². The molecular formula is C14H26N2O2. The van der Waals surface area contributed by atoms with E-state index in [2.05, 4.69) is 6.92 Å². The van der Waals surface area contributed by atoms with Crippen molar-refractivity contribution in [2.75, 3.05) is 6.54 Å². The van der Waals surface area contributed by atoms with Gasteiger partial charge >= 0.3 is 0 Å². The van der Waals surface area contributed by atoms with E-state index in [1.807, 2.05) is 32.6 Å². The molecule has 0 saturated carbocycles. The van der Waals surface area contributed by atoms with Crippen molar-refractivity contribution in [3.63, 3.8) is 0 Å². The Bertz CT molecular complexity index is 334. The van der Waals surface area contributed by atoms with Gasteiger partial charge in [-0.2, -0.15) is 5.06 Å². The highest BCUT2D eigenvalue weighted by molar-refractivity contribution is 5.79. The summed E-state index contributed by atoms with van der Waals surface area (Å²) in [6.07, 6.45) is 2.36. The van der Waals surface area contributed by atoms with Crippen molar-refractivity contribution in [2.45, 2.75) is 71.0 Å². The van der Waals surface area contributed by atoms with Gasteiger partial charge in [0.05, 0.1) is 0 Å². The number of carbonyl (C=O) groups is 1. The molecule has 1 amide bonds. The van der Waals surface area contributed by atoms with Gasteiger partial charge in [-0.05, 0) is 46.5 Å². The molecule has 4 nitrogen and oxygen atoms in total. The highest BCUT2D eigenvalue weighted by Crippen LogP contribution is 2.40. The predicted molar refractivity (Wildman–Crippen MR) is 70.3 cm³/mol. The summed E-state index contributed by atoms with van der Waals surface area (Å²) < 4.78 is 0. The lowest BCUT2D eigenvalue weighted by atomic mass is 9.78. The van der Waals surface area contributed by atoms with Gasteiger partial charge in [0, 0.05) is 30.1 Å². The van der Waals surface area contributed by atoms with Crippen LogP contribution in [-0.4, -0.2) is 44.7 Å². The molecule has 0 radical (unpaired) electrons. The van der Waals surface area contributed by atoms with Crippen molar-refractivity contribution < 1.29 is 10.0 Å². The van der Waals surface area contributed by atoms with E-state index >= 15 is 0 Å². The van der Waals surface area contributed by atoms with Crippen LogP contribution in [0.3, 0.4) is 0 Å². The summed E-state index contributed by atoms with van der Waals surface area (Å²) in [4.78, 5) is 14.1. The minimum Gasteiger partial charge on any atom is -0.339 e. The number of hydrogen-bond acceptors (Lipinski definition) is 3. The van der Waals surface area contributed by atoms with Gasteiger partial charge in [0.1, 0.15) is 0 Å². The summed E-state index contributed by atoms with van der Waals surface area (Å²) in [6.45, 7) is 11.2. The normalized spacial score (nSPS) is 33.1. The zero-order chi connectivity index (χ0) is 13.7. The zero-order valence-corrected chi connectivity index (χ0v) is 12.2. The highest BCUT2D eigenvalue weighted by atomic mass is 16.5. The number of likely N-dealkylation sites (tertiary alicyclic amines) is 1. The number of amides is 1. The smallest absolute Gasteiger partial charge is 0.223 e. The number of hydrogen-bond donors (Lipinski definition) is 1. The molecule has 0 aromatic carbocycles. The van der Waals surface area contributed by atoms with E-state index in [9.17, 15) is 10.0 Å². The van der Waals surface area contributed by atoms with Crippen LogP contribution in [0.5, 0.6) is 0 Å². The SMILES string of the molecule is CC1CC(=O)N(C2CC(C)(C)N(O)C(C)(C)C2)C1. The first kappa shape index (κ1) is 13.8. The molecule has 2 heterocycles. The van der Waals surface area contributed by atoms with Crippen LogP contribution in [0.2, 0.25) is 0 Å². The molecule has 1 atom stereocenters. The van der Waals surface area contributed by atoms with Crippen molar-refractivity contribution in [1.82, 2.24) is 9.96 Å². The summed E-state index contributed by atoms with van der Waals surface area (Å²) in [6, 6.07) is 0.260. The van der Waals surface area contributed by atoms with Crippen LogP contribution < -0.4 is 0 Å². The fraction of sp³-hybridized carbons (Fsp3) is 0.929. The fourth-order valence-corrected chi connectivity index (χ4v) is 3.71. The van der Waals surface area contributed by atoms with Crippen molar-refractivity contribution in [2.24, 2.45) is 5.92 Å². The summed E-state index contributed by atoms with van der Waals surface area (Å²) >= 11 is 0. The number of rotatable bonds is 1. The second-order valence-corrected chi connectivity index (χ2v) is 7.35. The number of nitrogens with zero attached hydrogens (tertiary/aromatic N) is 2. The highest BCUT2D eigenvalue weighted by Gasteiger charge is 2.48. The molecule has 1 unspecified atom stereocenters. The van der Waals surface area contributed by atoms with Crippen LogP contribution in [0.25, 0.3) is 0 Å². The predicted octanol–water partition coefficient (Wildman–Crippen LogP) is 2.27. The maximum absolute atomic E-state index is 12.0. The van der Waals surface area contributed by atoms with Crippen LogP contribution in [0, 0.1) is 5.92 Å². The Hall–Kier alpha value is -0.610. The van der Waals surface area contributed by atoms with Crippen molar-refractivity contribution in [1.29, 1.82) is 0 Å². The molecule has 18 heavy (non-hydrogen) atoms. The molecule has 2 aliphatic heterocycles. The van der Waals surface area contributed by atoms with Crippen molar-refractivity contribution in [3.8, 4) is 0 Å². The molecule has 0 aliphatic carbocycles. The number of carbonyl (C=O) groups excluding carboxylic acids is 1. The molecule has 0 aromatic heterocycles. The third-order valence-corrected chi connectivity index (χ3v) is 4.41. The molecule has 2 aliphatic rings. The standard InChI is InChI=1S/C14H26N2O2/c1-10-6-12(17)15(9-10)11-7-13(2,3)16(18)14(4,5)8-11/h10-11,18H,6-9H2,1-5H3. The van der Waals surface area contributed by atoms with Crippen molar-refractivity contribution in [3.05, 3.63) is 0 Å². The van der Waals surface area contributed by atoms with Gasteiger partial charge in [-0.25, -0.2) is 0 Å². The van der Waals surface area contributed by atoms with E-state index in [-0.39, 0.29) is 23.0 Å². The van der Waals surface area contributed by atoms with Gasteiger partial charge in [-0.3, -0.25) is 4.79 Å². The lowest BCUT2D eigenvalue weighted by molar-refractivity contribution is -0.251. The Morgan fingerprint density at radius 1 is 1.17 bits per heavy atom. The Labute approximate surface area is 110 Å². The molecule has 2 fully saturated rings. The molecule has 4 heteroatoms. The van der Waals surface area contributed by atoms with Gasteiger partial charge in [0.2, 0.25) is 5.91 Å². The third-order valence-electron chi connectivity index (χ3n) is 4.41. The molecule has 2 saturated heterocycles.